The zero-order valence-electron chi connectivity index (χ0n) is 37.8. The van der Waals surface area contributed by atoms with Crippen LogP contribution in [0.4, 0.5) is 0 Å². The first-order valence-electron chi connectivity index (χ1n) is 24.3. The van der Waals surface area contributed by atoms with Crippen LogP contribution in [0.3, 0.4) is 0 Å². The van der Waals surface area contributed by atoms with Crippen LogP contribution in [0.2, 0.25) is 0 Å². The van der Waals surface area contributed by atoms with Crippen LogP contribution in [0.15, 0.2) is 146 Å². The lowest BCUT2D eigenvalue weighted by molar-refractivity contribution is -0.133. The Balaban J connectivity index is 0.756. The molecule has 2 heterocycles. The van der Waals surface area contributed by atoms with Gasteiger partial charge in [-0.15, -0.1) is 0 Å². The summed E-state index contributed by atoms with van der Waals surface area (Å²) in [5, 5.41) is 12.8. The predicted molar refractivity (Wildman–Crippen MR) is 255 cm³/mol. The number of hydrogen-bond donors (Lipinski definition) is 4. The zero-order valence-corrected chi connectivity index (χ0v) is 37.8. The second-order valence-corrected chi connectivity index (χ2v) is 19.9. The normalized spacial score (nSPS) is 29.6. The Labute approximate surface area is 396 Å². The summed E-state index contributed by atoms with van der Waals surface area (Å²) in [5.74, 6) is -3.68. The van der Waals surface area contributed by atoms with E-state index in [1.54, 1.807) is 34.1 Å². The fraction of sp³-hybridized carbons (Fsp3) is 0.357. The number of nitrogens with zero attached hydrogens (tertiary/aromatic N) is 2. The molecule has 1 unspecified atom stereocenters. The number of nitrogens with one attached hydrogen (secondary N) is 4. The van der Waals surface area contributed by atoms with Crippen molar-refractivity contribution >= 4 is 35.4 Å². The molecule has 4 N–H and O–H groups in total. The second-order valence-electron chi connectivity index (χ2n) is 19.9. The van der Waals surface area contributed by atoms with Gasteiger partial charge >= 0.3 is 0 Å². The molecule has 6 amide bonds. The van der Waals surface area contributed by atoms with Crippen LogP contribution in [0.25, 0.3) is 0 Å². The first-order valence-corrected chi connectivity index (χ1v) is 24.3. The minimum atomic E-state index is -0.732. The minimum absolute atomic E-state index is 0.0327. The molecule has 11 rings (SSSR count). The van der Waals surface area contributed by atoms with Crippen molar-refractivity contribution in [3.05, 3.63) is 179 Å². The second kappa shape index (κ2) is 18.2. The maximum absolute atomic E-state index is 14.2. The van der Waals surface area contributed by atoms with E-state index in [1.165, 1.54) is 0 Å². The topological polar surface area (TPSA) is 157 Å². The van der Waals surface area contributed by atoms with Crippen molar-refractivity contribution in [2.24, 2.45) is 23.7 Å². The zero-order chi connectivity index (χ0) is 46.5. The van der Waals surface area contributed by atoms with Crippen molar-refractivity contribution in [3.8, 4) is 0 Å². The molecular weight excluding hydrogens is 853 g/mol. The minimum Gasteiger partial charge on any atom is -0.352 e. The van der Waals surface area contributed by atoms with Gasteiger partial charge in [0.2, 0.25) is 23.6 Å². The van der Waals surface area contributed by atoms with Gasteiger partial charge in [-0.25, -0.2) is 0 Å². The van der Waals surface area contributed by atoms with Crippen molar-refractivity contribution in [2.75, 3.05) is 26.2 Å². The van der Waals surface area contributed by atoms with Crippen LogP contribution in [-0.2, 0) is 19.2 Å². The van der Waals surface area contributed by atoms with Gasteiger partial charge in [0, 0.05) is 85.1 Å². The molecule has 346 valence electrons. The van der Waals surface area contributed by atoms with Gasteiger partial charge in [-0.05, 0) is 72.2 Å². The summed E-state index contributed by atoms with van der Waals surface area (Å²) in [5.41, 5.74) is 5.30. The summed E-state index contributed by atoms with van der Waals surface area (Å²) in [4.78, 5) is 87.5. The maximum Gasteiger partial charge on any atom is 0.253 e. The molecule has 6 aliphatic rings. The van der Waals surface area contributed by atoms with Gasteiger partial charge < -0.3 is 31.1 Å². The Bertz CT molecular complexity index is 2370. The lowest BCUT2D eigenvalue weighted by Gasteiger charge is -2.18. The first-order chi connectivity index (χ1) is 33.2. The standard InChI is InChI=1S/C56H56N6O6/c63-51(57-47-25-39(47)33-13-5-1-6-14-33)43-29-61(30-44(43)52(64)58-48-26-40(48)34-15-7-2-8-16-34)55(67)37-21-23-38(24-22-37)56(68)62-31-45(53(65)59-49-27-41(49)35-17-9-3-10-18-35)46(32-62)54(66)60-50-28-42(50)36-19-11-4-12-20-36/h1-24,39-50H,25-32H2,(H,57,63)(H,58,64)(H,59,65)(H,60,66)/t39-,40-,41-,42-,43-,44-,45-,46-,47+,48+,49+,50?/m1/s1. The van der Waals surface area contributed by atoms with E-state index in [-0.39, 0.29) is 109 Å². The van der Waals surface area contributed by atoms with E-state index in [0.29, 0.717) is 11.1 Å². The molecule has 0 bridgehead atoms. The van der Waals surface area contributed by atoms with Gasteiger partial charge in [0.1, 0.15) is 0 Å². The van der Waals surface area contributed by atoms with Gasteiger partial charge in [0.05, 0.1) is 23.7 Å². The molecule has 5 aromatic rings. The molecule has 0 aromatic heterocycles. The molecule has 2 saturated heterocycles. The molecule has 12 nitrogen and oxygen atoms in total. The third-order valence-corrected chi connectivity index (χ3v) is 15.3. The van der Waals surface area contributed by atoms with E-state index in [4.69, 9.17) is 0 Å². The number of carbonyl (C=O) groups is 6. The van der Waals surface area contributed by atoms with Crippen LogP contribution >= 0.6 is 0 Å². The molecule has 4 saturated carbocycles. The highest BCUT2D eigenvalue weighted by Crippen LogP contribution is 2.44. The van der Waals surface area contributed by atoms with E-state index in [1.807, 2.05) is 72.8 Å². The van der Waals surface area contributed by atoms with Gasteiger partial charge in [0.25, 0.3) is 11.8 Å². The predicted octanol–water partition coefficient (Wildman–Crippen LogP) is 5.75. The third-order valence-electron chi connectivity index (χ3n) is 15.3. The van der Waals surface area contributed by atoms with Gasteiger partial charge in [-0.3, -0.25) is 28.8 Å². The Morgan fingerprint density at radius 1 is 0.324 bits per heavy atom. The molecule has 0 spiro atoms. The van der Waals surface area contributed by atoms with Crippen molar-refractivity contribution < 1.29 is 28.8 Å². The van der Waals surface area contributed by atoms with Gasteiger partial charge in [0.15, 0.2) is 0 Å². The van der Waals surface area contributed by atoms with E-state index < -0.39 is 23.7 Å². The van der Waals surface area contributed by atoms with E-state index >= 15 is 0 Å². The monoisotopic (exact) mass is 908 g/mol. The lowest BCUT2D eigenvalue weighted by atomic mass is 9.94. The lowest BCUT2D eigenvalue weighted by Crippen LogP contribution is -2.43. The van der Waals surface area contributed by atoms with E-state index in [9.17, 15) is 28.8 Å². The fourth-order valence-electron chi connectivity index (χ4n) is 11.0. The summed E-state index contributed by atoms with van der Waals surface area (Å²) in [6, 6.07) is 46.5. The van der Waals surface area contributed by atoms with Crippen molar-refractivity contribution in [2.45, 2.75) is 73.5 Å². The fourth-order valence-corrected chi connectivity index (χ4v) is 11.0. The number of benzene rings is 5. The Morgan fingerprint density at radius 2 is 0.544 bits per heavy atom. The highest BCUT2D eigenvalue weighted by Gasteiger charge is 2.51. The SMILES string of the molecule is O=C(NC1C[C@@H]1c1ccccc1)[C@@H]1CN(C(=O)c2ccc(C(=O)N3C[C@@H](C(=O)N[C@H]4C[C@@H]4c4ccccc4)[C@H](C(=O)N[C@H]4C[C@@H]4c4ccccc4)C3)cc2)C[C@H]1C(=O)N[C@H]1C[C@@H]1c1ccccc1. The smallest absolute Gasteiger partial charge is 0.253 e. The summed E-state index contributed by atoms with van der Waals surface area (Å²) in [6.45, 7) is 0.331. The number of carbonyl (C=O) groups excluding carboxylic acids is 6. The first kappa shape index (κ1) is 43.5. The van der Waals surface area contributed by atoms with Gasteiger partial charge in [-0.1, -0.05) is 121 Å². The quantitative estimate of drug-likeness (QED) is 0.111. The summed E-state index contributed by atoms with van der Waals surface area (Å²) < 4.78 is 0. The summed E-state index contributed by atoms with van der Waals surface area (Å²) >= 11 is 0. The molecule has 4 aliphatic carbocycles. The molecule has 6 fully saturated rings. The number of amides is 6. The van der Waals surface area contributed by atoms with Gasteiger partial charge in [-0.2, -0.15) is 0 Å². The molecule has 2 aliphatic heterocycles. The van der Waals surface area contributed by atoms with E-state index in [2.05, 4.69) is 69.8 Å². The average molecular weight is 909 g/mol. The summed E-state index contributed by atoms with van der Waals surface area (Å²) in [6.07, 6.45) is 3.27. The van der Waals surface area contributed by atoms with Crippen LogP contribution in [0.5, 0.6) is 0 Å². The van der Waals surface area contributed by atoms with E-state index in [0.717, 1.165) is 47.9 Å². The highest BCUT2D eigenvalue weighted by molar-refractivity contribution is 6.00. The Kier molecular flexibility index (Phi) is 11.6. The van der Waals surface area contributed by atoms with Crippen LogP contribution in [-0.4, -0.2) is 95.6 Å². The Hall–Kier alpha value is -7.08. The maximum atomic E-state index is 14.2. The Morgan fingerprint density at radius 3 is 0.765 bits per heavy atom. The highest BCUT2D eigenvalue weighted by atomic mass is 16.2. The third kappa shape index (κ3) is 9.16. The molecule has 12 atom stereocenters. The summed E-state index contributed by atoms with van der Waals surface area (Å²) in [7, 11) is 0. The van der Waals surface area contributed by atoms with Crippen molar-refractivity contribution in [1.29, 1.82) is 0 Å². The largest absolute Gasteiger partial charge is 0.352 e. The number of rotatable bonds is 14. The molecular formula is C56H56N6O6. The van der Waals surface area contributed by atoms with Crippen LogP contribution in [0, 0.1) is 23.7 Å². The molecule has 68 heavy (non-hydrogen) atoms. The van der Waals surface area contributed by atoms with Crippen molar-refractivity contribution in [1.82, 2.24) is 31.1 Å². The van der Waals surface area contributed by atoms with Crippen molar-refractivity contribution in [3.63, 3.8) is 0 Å². The van der Waals surface area contributed by atoms with Crippen LogP contribution < -0.4 is 21.3 Å². The molecule has 12 heteroatoms. The number of hydrogen-bond acceptors (Lipinski definition) is 6. The molecule has 5 aromatic carbocycles. The average Bonchev–Trinajstić information content (AvgIpc) is 4.31. The number of likely N-dealkylation sites (tertiary alicyclic amines) is 2. The molecule has 0 radical (unpaired) electrons. The van der Waals surface area contributed by atoms with Crippen LogP contribution in [0.1, 0.15) is 92.3 Å².